The van der Waals surface area contributed by atoms with Crippen LogP contribution in [0, 0.1) is 6.92 Å². The van der Waals surface area contributed by atoms with Crippen molar-refractivity contribution < 1.29 is 28.3 Å². The Labute approximate surface area is 201 Å². The van der Waals surface area contributed by atoms with Crippen molar-refractivity contribution in [1.29, 1.82) is 0 Å². The zero-order valence-corrected chi connectivity index (χ0v) is 19.0. The van der Waals surface area contributed by atoms with Gasteiger partial charge in [-0.3, -0.25) is 9.59 Å². The summed E-state index contributed by atoms with van der Waals surface area (Å²) in [5.74, 6) is -0.299. The molecule has 1 aliphatic rings. The van der Waals surface area contributed by atoms with Gasteiger partial charge in [0.25, 0.3) is 11.7 Å². The summed E-state index contributed by atoms with van der Waals surface area (Å²) in [6.07, 6.45) is 2.96. The van der Waals surface area contributed by atoms with E-state index >= 15 is 0 Å². The van der Waals surface area contributed by atoms with Gasteiger partial charge < -0.3 is 23.6 Å². The molecular formula is C28H23NO6. The highest BCUT2D eigenvalue weighted by molar-refractivity contribution is 6.46. The molecule has 4 aromatic rings. The Bertz CT molecular complexity index is 1370. The van der Waals surface area contributed by atoms with E-state index < -0.39 is 17.7 Å². The van der Waals surface area contributed by atoms with Crippen molar-refractivity contribution in [3.63, 3.8) is 0 Å². The van der Waals surface area contributed by atoms with Gasteiger partial charge in [0.2, 0.25) is 0 Å². The van der Waals surface area contributed by atoms with E-state index in [-0.39, 0.29) is 17.9 Å². The van der Waals surface area contributed by atoms with Crippen LogP contribution in [-0.2, 0) is 22.7 Å². The molecule has 2 aromatic heterocycles. The van der Waals surface area contributed by atoms with E-state index in [4.69, 9.17) is 13.6 Å². The number of hydrogen-bond donors (Lipinski definition) is 1. The summed E-state index contributed by atoms with van der Waals surface area (Å²) in [6.45, 7) is 2.49. The maximum Gasteiger partial charge on any atom is 0.296 e. The van der Waals surface area contributed by atoms with Crippen molar-refractivity contribution in [3.8, 4) is 5.75 Å². The first kappa shape index (κ1) is 22.3. The van der Waals surface area contributed by atoms with Crippen LogP contribution in [0.5, 0.6) is 5.75 Å². The van der Waals surface area contributed by atoms with Gasteiger partial charge in [-0.1, -0.05) is 29.8 Å². The molecule has 1 atom stereocenters. The van der Waals surface area contributed by atoms with Crippen molar-refractivity contribution in [1.82, 2.24) is 4.90 Å². The fourth-order valence-corrected chi connectivity index (χ4v) is 4.19. The number of carbonyl (C=O) groups excluding carboxylic acids is 2. The van der Waals surface area contributed by atoms with E-state index in [1.807, 2.05) is 25.1 Å². The molecule has 1 fully saturated rings. The predicted octanol–water partition coefficient (Wildman–Crippen LogP) is 5.38. The van der Waals surface area contributed by atoms with Gasteiger partial charge in [0.15, 0.2) is 0 Å². The molecule has 7 heteroatoms. The summed E-state index contributed by atoms with van der Waals surface area (Å²) < 4.78 is 16.8. The lowest BCUT2D eigenvalue weighted by atomic mass is 9.99. The minimum atomic E-state index is -0.882. The third-order valence-electron chi connectivity index (χ3n) is 5.87. The average molecular weight is 469 g/mol. The summed E-state index contributed by atoms with van der Waals surface area (Å²) in [4.78, 5) is 27.3. The van der Waals surface area contributed by atoms with Crippen LogP contribution in [0.15, 0.2) is 99.7 Å². The predicted molar refractivity (Wildman–Crippen MR) is 127 cm³/mol. The normalized spacial score (nSPS) is 17.2. The lowest BCUT2D eigenvalue weighted by Crippen LogP contribution is -2.28. The molecule has 1 amide bonds. The number of rotatable bonds is 7. The number of aliphatic hydroxyl groups excluding tert-OH is 1. The van der Waals surface area contributed by atoms with Crippen LogP contribution in [-0.4, -0.2) is 21.7 Å². The smallest absolute Gasteiger partial charge is 0.296 e. The number of ether oxygens (including phenoxy) is 1. The molecule has 0 saturated carbocycles. The second-order valence-corrected chi connectivity index (χ2v) is 8.32. The van der Waals surface area contributed by atoms with Gasteiger partial charge in [-0.2, -0.15) is 0 Å². The number of nitrogens with zero attached hydrogens (tertiary/aromatic N) is 1. The zero-order chi connectivity index (χ0) is 24.4. The van der Waals surface area contributed by atoms with Gasteiger partial charge in [-0.25, -0.2) is 0 Å². The van der Waals surface area contributed by atoms with E-state index in [1.165, 1.54) is 17.4 Å². The fraction of sp³-hybridized carbons (Fsp3) is 0.143. The number of carbonyl (C=O) groups is 2. The topological polar surface area (TPSA) is 93.1 Å². The largest absolute Gasteiger partial charge is 0.507 e. The molecule has 1 N–H and O–H groups in total. The van der Waals surface area contributed by atoms with Crippen LogP contribution in [0.2, 0.25) is 0 Å². The van der Waals surface area contributed by atoms with Gasteiger partial charge >= 0.3 is 0 Å². The van der Waals surface area contributed by atoms with Gasteiger partial charge in [-0.05, 0) is 61.0 Å². The molecule has 176 valence electrons. The Morgan fingerprint density at radius 2 is 1.74 bits per heavy atom. The number of amides is 1. The van der Waals surface area contributed by atoms with Crippen LogP contribution in [0.1, 0.15) is 34.3 Å². The molecule has 0 aliphatic carbocycles. The van der Waals surface area contributed by atoms with E-state index in [9.17, 15) is 14.7 Å². The number of furan rings is 2. The molecule has 0 spiro atoms. The second-order valence-electron chi connectivity index (χ2n) is 8.32. The molecule has 0 radical (unpaired) electrons. The molecule has 2 aromatic carbocycles. The van der Waals surface area contributed by atoms with Gasteiger partial charge in [0, 0.05) is 5.56 Å². The van der Waals surface area contributed by atoms with Crippen LogP contribution >= 0.6 is 0 Å². The minimum absolute atomic E-state index is 0.0371. The highest BCUT2D eigenvalue weighted by atomic mass is 16.5. The van der Waals surface area contributed by atoms with Crippen LogP contribution < -0.4 is 4.74 Å². The highest BCUT2D eigenvalue weighted by Gasteiger charge is 2.47. The number of benzene rings is 2. The summed E-state index contributed by atoms with van der Waals surface area (Å²) in [5, 5.41) is 11.1. The van der Waals surface area contributed by atoms with Crippen molar-refractivity contribution in [3.05, 3.63) is 119 Å². The Balaban J connectivity index is 1.43. The maximum atomic E-state index is 13.0. The van der Waals surface area contributed by atoms with Crippen molar-refractivity contribution in [2.24, 2.45) is 0 Å². The van der Waals surface area contributed by atoms with Crippen molar-refractivity contribution in [2.45, 2.75) is 26.1 Å². The monoisotopic (exact) mass is 469 g/mol. The summed E-state index contributed by atoms with van der Waals surface area (Å²) in [6, 6.07) is 20.7. The van der Waals surface area contributed by atoms with Crippen molar-refractivity contribution >= 4 is 17.4 Å². The Hall–Kier alpha value is -4.52. The summed E-state index contributed by atoms with van der Waals surface area (Å²) in [7, 11) is 0. The van der Waals surface area contributed by atoms with E-state index in [2.05, 4.69) is 6.07 Å². The van der Waals surface area contributed by atoms with Crippen LogP contribution in [0.3, 0.4) is 0 Å². The SMILES string of the molecule is Cc1cccc(COc2ccc(C(O)=C3C(=O)C(=O)N(Cc4ccco4)C3c3ccco3)cc2)c1. The fourth-order valence-electron chi connectivity index (χ4n) is 4.19. The summed E-state index contributed by atoms with van der Waals surface area (Å²) in [5.41, 5.74) is 2.55. The molecular weight excluding hydrogens is 446 g/mol. The van der Waals surface area contributed by atoms with E-state index in [0.29, 0.717) is 29.4 Å². The second kappa shape index (κ2) is 9.38. The van der Waals surface area contributed by atoms with Crippen LogP contribution in [0.25, 0.3) is 5.76 Å². The molecule has 7 nitrogen and oxygen atoms in total. The lowest BCUT2D eigenvalue weighted by Gasteiger charge is -2.22. The van der Waals surface area contributed by atoms with Gasteiger partial charge in [0.05, 0.1) is 24.6 Å². The average Bonchev–Trinajstić information content (AvgIpc) is 3.62. The zero-order valence-electron chi connectivity index (χ0n) is 19.0. The number of aliphatic hydroxyl groups is 1. The maximum absolute atomic E-state index is 13.0. The van der Waals surface area contributed by atoms with Gasteiger partial charge in [-0.15, -0.1) is 0 Å². The standard InChI is InChI=1S/C28H23NO6/c1-18-5-2-6-19(15-18)17-35-21-11-9-20(10-12-21)26(30)24-25(23-8-4-14-34-23)29(28(32)27(24)31)16-22-7-3-13-33-22/h2-15,25,30H,16-17H2,1H3. The molecule has 1 aliphatic heterocycles. The third kappa shape index (κ3) is 4.48. The molecule has 3 heterocycles. The van der Waals surface area contributed by atoms with Gasteiger partial charge in [0.1, 0.15) is 35.7 Å². The van der Waals surface area contributed by atoms with Crippen LogP contribution in [0.4, 0.5) is 0 Å². The molecule has 1 unspecified atom stereocenters. The Morgan fingerprint density at radius 1 is 0.971 bits per heavy atom. The number of likely N-dealkylation sites (tertiary alicyclic amines) is 1. The number of Topliss-reactive ketones (excluding diaryl/α,β-unsaturated/α-hetero) is 1. The van der Waals surface area contributed by atoms with E-state index in [1.54, 1.807) is 48.5 Å². The van der Waals surface area contributed by atoms with E-state index in [0.717, 1.165) is 11.1 Å². The lowest BCUT2D eigenvalue weighted by molar-refractivity contribution is -0.140. The highest BCUT2D eigenvalue weighted by Crippen LogP contribution is 2.40. The molecule has 5 rings (SSSR count). The minimum Gasteiger partial charge on any atom is -0.507 e. The quantitative estimate of drug-likeness (QED) is 0.222. The number of ketones is 1. The first-order valence-electron chi connectivity index (χ1n) is 11.1. The van der Waals surface area contributed by atoms with Crippen molar-refractivity contribution in [2.75, 3.05) is 0 Å². The summed E-state index contributed by atoms with van der Waals surface area (Å²) >= 11 is 0. The molecule has 1 saturated heterocycles. The number of aryl methyl sites for hydroxylation is 1. The first-order valence-corrected chi connectivity index (χ1v) is 11.1. The third-order valence-corrected chi connectivity index (χ3v) is 5.87. The molecule has 35 heavy (non-hydrogen) atoms. The first-order chi connectivity index (χ1) is 17.0. The Kier molecular flexibility index (Phi) is 5.97. The number of hydrogen-bond acceptors (Lipinski definition) is 6. The molecule has 0 bridgehead atoms. The Morgan fingerprint density at radius 3 is 2.43 bits per heavy atom.